The van der Waals surface area contributed by atoms with Gasteiger partial charge in [0.15, 0.2) is 0 Å². The fourth-order valence-corrected chi connectivity index (χ4v) is 2.94. The van der Waals surface area contributed by atoms with E-state index in [9.17, 15) is 4.79 Å². The van der Waals surface area contributed by atoms with Gasteiger partial charge in [-0.05, 0) is 31.5 Å². The molecule has 3 nitrogen and oxygen atoms in total. The molecule has 0 saturated carbocycles. The lowest BCUT2D eigenvalue weighted by molar-refractivity contribution is -0.117. The minimum Gasteiger partial charge on any atom is -0.319 e. The normalized spacial score (nSPS) is 22.7. The van der Waals surface area contributed by atoms with Crippen molar-refractivity contribution in [1.82, 2.24) is 5.32 Å². The van der Waals surface area contributed by atoms with Crippen molar-refractivity contribution < 1.29 is 4.79 Å². The van der Waals surface area contributed by atoms with Gasteiger partial charge < -0.3 is 10.2 Å². The lowest BCUT2D eigenvalue weighted by atomic mass is 9.75. The molecule has 1 amide bonds. The van der Waals surface area contributed by atoms with E-state index in [-0.39, 0.29) is 11.3 Å². The van der Waals surface area contributed by atoms with Crippen LogP contribution in [0.25, 0.3) is 0 Å². The van der Waals surface area contributed by atoms with E-state index in [1.807, 2.05) is 18.0 Å². The lowest BCUT2D eigenvalue weighted by Gasteiger charge is -2.43. The second kappa shape index (κ2) is 5.11. The number of carbonyl (C=O) groups is 1. The maximum atomic E-state index is 11.9. The number of hydrogen-bond acceptors (Lipinski definition) is 2. The Bertz CT molecular complexity index is 444. The Balaban J connectivity index is 2.42. The summed E-state index contributed by atoms with van der Waals surface area (Å²) in [5.41, 5.74) is 2.54. The molecule has 98 valence electrons. The Kier molecular flexibility index (Phi) is 3.71. The molecule has 0 bridgehead atoms. The molecule has 1 atom stereocenters. The molecule has 1 aliphatic rings. The van der Waals surface area contributed by atoms with Gasteiger partial charge >= 0.3 is 0 Å². The highest BCUT2D eigenvalue weighted by molar-refractivity contribution is 5.93. The molecular weight excluding hydrogens is 224 g/mol. The summed E-state index contributed by atoms with van der Waals surface area (Å²) in [5, 5.41) is 3.28. The van der Waals surface area contributed by atoms with E-state index in [2.05, 4.69) is 30.4 Å². The second-order valence-corrected chi connectivity index (χ2v) is 5.29. The molecule has 2 rings (SSSR count). The molecule has 1 heterocycles. The minimum atomic E-state index is 0.135. The largest absolute Gasteiger partial charge is 0.319 e. The molecule has 1 aliphatic heterocycles. The number of fused-ring (bicyclic) bond motifs is 1. The summed E-state index contributed by atoms with van der Waals surface area (Å²) in [6.45, 7) is 5.63. The van der Waals surface area contributed by atoms with E-state index in [0.29, 0.717) is 0 Å². The van der Waals surface area contributed by atoms with Crippen molar-refractivity contribution in [1.29, 1.82) is 0 Å². The maximum absolute atomic E-state index is 11.9. The van der Waals surface area contributed by atoms with Crippen LogP contribution in [0.5, 0.6) is 0 Å². The lowest BCUT2D eigenvalue weighted by Crippen LogP contribution is -2.49. The number of anilines is 1. The molecule has 0 spiro atoms. The summed E-state index contributed by atoms with van der Waals surface area (Å²) in [5.74, 6) is 0.135. The Labute approximate surface area is 109 Å². The zero-order valence-electron chi connectivity index (χ0n) is 11.5. The van der Waals surface area contributed by atoms with Gasteiger partial charge in [0.1, 0.15) is 0 Å². The molecule has 0 aliphatic carbocycles. The summed E-state index contributed by atoms with van der Waals surface area (Å²) in [7, 11) is 1.98. The first-order chi connectivity index (χ1) is 8.62. The van der Waals surface area contributed by atoms with E-state index < -0.39 is 0 Å². The van der Waals surface area contributed by atoms with Gasteiger partial charge in [-0.1, -0.05) is 25.1 Å². The summed E-state index contributed by atoms with van der Waals surface area (Å²) in [4.78, 5) is 13.8. The molecule has 1 aromatic carbocycles. The molecule has 0 aromatic heterocycles. The Morgan fingerprint density at radius 3 is 2.78 bits per heavy atom. The number of nitrogens with zero attached hydrogens (tertiary/aromatic N) is 1. The summed E-state index contributed by atoms with van der Waals surface area (Å²) >= 11 is 0. The van der Waals surface area contributed by atoms with Gasteiger partial charge in [-0.2, -0.15) is 0 Å². The Morgan fingerprint density at radius 2 is 2.17 bits per heavy atom. The first kappa shape index (κ1) is 13.1. The van der Waals surface area contributed by atoms with Crippen LogP contribution in [-0.2, 0) is 11.2 Å². The van der Waals surface area contributed by atoms with E-state index in [1.54, 1.807) is 6.92 Å². The predicted molar refractivity (Wildman–Crippen MR) is 74.8 cm³/mol. The van der Waals surface area contributed by atoms with Crippen molar-refractivity contribution >= 4 is 11.6 Å². The van der Waals surface area contributed by atoms with Crippen LogP contribution in [0.15, 0.2) is 24.3 Å². The molecular formula is C15H22N2O. The van der Waals surface area contributed by atoms with Gasteiger partial charge in [-0.15, -0.1) is 0 Å². The van der Waals surface area contributed by atoms with Crippen molar-refractivity contribution in [3.63, 3.8) is 0 Å². The first-order valence-electron chi connectivity index (χ1n) is 6.62. The second-order valence-electron chi connectivity index (χ2n) is 5.29. The van der Waals surface area contributed by atoms with Gasteiger partial charge in [-0.25, -0.2) is 0 Å². The van der Waals surface area contributed by atoms with Crippen LogP contribution in [0.1, 0.15) is 25.8 Å². The molecule has 18 heavy (non-hydrogen) atoms. The first-order valence-corrected chi connectivity index (χ1v) is 6.62. The van der Waals surface area contributed by atoms with Gasteiger partial charge in [0.25, 0.3) is 0 Å². The molecule has 0 fully saturated rings. The molecule has 0 radical (unpaired) electrons. The van der Waals surface area contributed by atoms with E-state index in [0.717, 1.165) is 31.6 Å². The third kappa shape index (κ3) is 2.27. The fourth-order valence-electron chi connectivity index (χ4n) is 2.94. The summed E-state index contributed by atoms with van der Waals surface area (Å²) in [6.07, 6.45) is 2.12. The quantitative estimate of drug-likeness (QED) is 0.887. The summed E-state index contributed by atoms with van der Waals surface area (Å²) in [6, 6.07) is 8.26. The third-order valence-electron chi connectivity index (χ3n) is 4.02. The van der Waals surface area contributed by atoms with Crippen LogP contribution < -0.4 is 10.2 Å². The monoisotopic (exact) mass is 246 g/mol. The average molecular weight is 246 g/mol. The van der Waals surface area contributed by atoms with Crippen molar-refractivity contribution in [2.45, 2.75) is 26.7 Å². The number of benzene rings is 1. The van der Waals surface area contributed by atoms with E-state index >= 15 is 0 Å². The van der Waals surface area contributed by atoms with Gasteiger partial charge in [0, 0.05) is 31.1 Å². The number of rotatable bonds is 3. The highest BCUT2D eigenvalue weighted by Crippen LogP contribution is 2.38. The smallest absolute Gasteiger partial charge is 0.223 e. The van der Waals surface area contributed by atoms with Gasteiger partial charge in [0.2, 0.25) is 5.91 Å². The molecule has 3 heteroatoms. The van der Waals surface area contributed by atoms with Crippen molar-refractivity contribution in [2.75, 3.05) is 25.0 Å². The maximum Gasteiger partial charge on any atom is 0.223 e. The van der Waals surface area contributed by atoms with Crippen molar-refractivity contribution in [3.8, 4) is 0 Å². The molecule has 1 N–H and O–H groups in total. The van der Waals surface area contributed by atoms with Crippen LogP contribution in [0, 0.1) is 5.41 Å². The highest BCUT2D eigenvalue weighted by atomic mass is 16.2. The Morgan fingerprint density at radius 1 is 1.44 bits per heavy atom. The molecule has 1 aromatic rings. The number of nitrogens with one attached hydrogen (secondary N) is 1. The van der Waals surface area contributed by atoms with Crippen LogP contribution in [-0.4, -0.2) is 26.0 Å². The summed E-state index contributed by atoms with van der Waals surface area (Å²) < 4.78 is 0. The van der Waals surface area contributed by atoms with Crippen molar-refractivity contribution in [2.24, 2.45) is 5.41 Å². The zero-order chi connectivity index (χ0) is 13.2. The van der Waals surface area contributed by atoms with Gasteiger partial charge in [0.05, 0.1) is 0 Å². The topological polar surface area (TPSA) is 32.3 Å². The SMILES string of the molecule is CCC1(CNC)Cc2ccccc2N(C(C)=O)C1. The van der Waals surface area contributed by atoms with Crippen LogP contribution in [0.3, 0.4) is 0 Å². The molecule has 1 unspecified atom stereocenters. The van der Waals surface area contributed by atoms with E-state index in [1.165, 1.54) is 5.56 Å². The molecule has 0 saturated heterocycles. The number of carbonyl (C=O) groups excluding carboxylic acids is 1. The predicted octanol–water partition coefficient (Wildman–Crippen LogP) is 2.21. The van der Waals surface area contributed by atoms with Crippen molar-refractivity contribution in [3.05, 3.63) is 29.8 Å². The van der Waals surface area contributed by atoms with Gasteiger partial charge in [-0.3, -0.25) is 4.79 Å². The number of hydrogen-bond donors (Lipinski definition) is 1. The fraction of sp³-hybridized carbons (Fsp3) is 0.533. The average Bonchev–Trinajstić information content (AvgIpc) is 2.38. The van der Waals surface area contributed by atoms with Crippen LogP contribution >= 0.6 is 0 Å². The third-order valence-corrected chi connectivity index (χ3v) is 4.02. The minimum absolute atomic E-state index is 0.135. The number of amides is 1. The number of para-hydroxylation sites is 1. The highest BCUT2D eigenvalue weighted by Gasteiger charge is 2.37. The zero-order valence-corrected chi connectivity index (χ0v) is 11.5. The van der Waals surface area contributed by atoms with Crippen LogP contribution in [0.4, 0.5) is 5.69 Å². The Hall–Kier alpha value is -1.35. The van der Waals surface area contributed by atoms with Crippen LogP contribution in [0.2, 0.25) is 0 Å². The van der Waals surface area contributed by atoms with E-state index in [4.69, 9.17) is 0 Å². The standard InChI is InChI=1S/C15H22N2O/c1-4-15(10-16-3)9-13-7-5-6-8-14(13)17(11-15)12(2)18/h5-8,16H,4,9-11H2,1-3H3.